The average molecular weight is 452 g/mol. The molecule has 2 aromatic rings. The first-order chi connectivity index (χ1) is 15.5. The van der Waals surface area contributed by atoms with Gasteiger partial charge >= 0.3 is 0 Å². The SMILES string of the molecule is CCN(CC)C(=O)c1ccc2c(c1)Sc1c(OC)cccc1N2C1CC2CCC(C1)N2C. The van der Waals surface area contributed by atoms with Crippen LogP contribution in [0, 0.1) is 0 Å². The third-order valence-electron chi connectivity index (χ3n) is 7.61. The predicted octanol–water partition coefficient (Wildman–Crippen LogP) is 5.41. The van der Waals surface area contributed by atoms with E-state index in [0.717, 1.165) is 34.2 Å². The van der Waals surface area contributed by atoms with Crippen molar-refractivity contribution in [3.8, 4) is 5.75 Å². The van der Waals surface area contributed by atoms with Gasteiger partial charge in [-0.2, -0.15) is 0 Å². The zero-order valence-corrected chi connectivity index (χ0v) is 20.3. The van der Waals surface area contributed by atoms with Gasteiger partial charge in [-0.05, 0) is 76.9 Å². The molecule has 2 fully saturated rings. The zero-order chi connectivity index (χ0) is 22.4. The van der Waals surface area contributed by atoms with Crippen LogP contribution in [0.5, 0.6) is 5.75 Å². The van der Waals surface area contributed by atoms with Gasteiger partial charge in [0.25, 0.3) is 5.91 Å². The number of methoxy groups -OCH3 is 1. The molecule has 0 spiro atoms. The Kier molecular flexibility index (Phi) is 5.84. The van der Waals surface area contributed by atoms with Gasteiger partial charge in [-0.25, -0.2) is 0 Å². The number of hydrogen-bond donors (Lipinski definition) is 0. The molecule has 0 aliphatic carbocycles. The van der Waals surface area contributed by atoms with Crippen molar-refractivity contribution in [3.63, 3.8) is 0 Å². The lowest BCUT2D eigenvalue weighted by atomic mass is 9.95. The van der Waals surface area contributed by atoms with Gasteiger partial charge < -0.3 is 19.4 Å². The maximum atomic E-state index is 13.0. The second-order valence-corrected chi connectivity index (χ2v) is 10.2. The van der Waals surface area contributed by atoms with E-state index in [0.29, 0.717) is 18.1 Å². The molecule has 2 atom stereocenters. The fourth-order valence-corrected chi connectivity index (χ4v) is 7.00. The molecule has 3 aliphatic rings. The molecule has 2 bridgehead atoms. The van der Waals surface area contributed by atoms with Gasteiger partial charge in [0.1, 0.15) is 5.75 Å². The number of piperidine rings is 1. The molecule has 1 amide bonds. The highest BCUT2D eigenvalue weighted by atomic mass is 32.2. The summed E-state index contributed by atoms with van der Waals surface area (Å²) in [6.07, 6.45) is 4.95. The molecule has 2 saturated heterocycles. The number of nitrogens with zero attached hydrogens (tertiary/aromatic N) is 3. The van der Waals surface area contributed by atoms with Crippen LogP contribution in [0.15, 0.2) is 46.2 Å². The molecular formula is C26H33N3O2S. The molecular weight excluding hydrogens is 418 g/mol. The Morgan fingerprint density at radius 2 is 1.78 bits per heavy atom. The van der Waals surface area contributed by atoms with E-state index in [1.165, 1.54) is 37.1 Å². The lowest BCUT2D eigenvalue weighted by Gasteiger charge is -2.45. The van der Waals surface area contributed by atoms with Gasteiger partial charge in [0, 0.05) is 41.7 Å². The Labute approximate surface area is 195 Å². The second kappa shape index (κ2) is 8.64. The Bertz CT molecular complexity index is 1010. The number of carbonyl (C=O) groups is 1. The Morgan fingerprint density at radius 3 is 2.44 bits per heavy atom. The van der Waals surface area contributed by atoms with Crippen molar-refractivity contribution in [2.45, 2.75) is 67.4 Å². The normalized spacial score (nSPS) is 24.1. The van der Waals surface area contributed by atoms with Gasteiger partial charge in [0.2, 0.25) is 0 Å². The minimum Gasteiger partial charge on any atom is -0.495 e. The fraction of sp³-hybridized carbons (Fsp3) is 0.500. The first kappa shape index (κ1) is 21.7. The molecule has 2 aromatic carbocycles. The van der Waals surface area contributed by atoms with Crippen LogP contribution < -0.4 is 9.64 Å². The highest BCUT2D eigenvalue weighted by molar-refractivity contribution is 7.99. The van der Waals surface area contributed by atoms with Gasteiger partial charge in [-0.3, -0.25) is 4.79 Å². The van der Waals surface area contributed by atoms with Crippen LogP contribution in [-0.4, -0.2) is 61.1 Å². The second-order valence-electron chi connectivity index (χ2n) is 9.12. The van der Waals surface area contributed by atoms with Crippen molar-refractivity contribution in [2.24, 2.45) is 0 Å². The van der Waals surface area contributed by atoms with Gasteiger partial charge in [0.05, 0.1) is 23.4 Å². The summed E-state index contributed by atoms with van der Waals surface area (Å²) in [7, 11) is 4.03. The van der Waals surface area contributed by atoms with Crippen LogP contribution >= 0.6 is 11.8 Å². The first-order valence-electron chi connectivity index (χ1n) is 11.8. The van der Waals surface area contributed by atoms with E-state index in [9.17, 15) is 4.79 Å². The molecule has 0 N–H and O–H groups in total. The number of amides is 1. The van der Waals surface area contributed by atoms with Crippen molar-refractivity contribution in [3.05, 3.63) is 42.0 Å². The summed E-state index contributed by atoms with van der Waals surface area (Å²) in [5.41, 5.74) is 3.22. The molecule has 0 saturated carbocycles. The maximum Gasteiger partial charge on any atom is 0.253 e. The van der Waals surface area contributed by atoms with Crippen LogP contribution in [0.2, 0.25) is 0 Å². The molecule has 5 rings (SSSR count). The largest absolute Gasteiger partial charge is 0.495 e. The number of hydrogen-bond acceptors (Lipinski definition) is 5. The molecule has 0 aromatic heterocycles. The van der Waals surface area contributed by atoms with Crippen molar-refractivity contribution in [2.75, 3.05) is 32.1 Å². The van der Waals surface area contributed by atoms with E-state index >= 15 is 0 Å². The van der Waals surface area contributed by atoms with Crippen LogP contribution in [-0.2, 0) is 0 Å². The summed E-state index contributed by atoms with van der Waals surface area (Å²) in [4.78, 5) is 22.4. The first-order valence-corrected chi connectivity index (χ1v) is 12.7. The van der Waals surface area contributed by atoms with E-state index in [1.807, 2.05) is 30.9 Å². The van der Waals surface area contributed by atoms with E-state index in [2.05, 4.69) is 41.1 Å². The van der Waals surface area contributed by atoms with Crippen LogP contribution in [0.25, 0.3) is 0 Å². The summed E-state index contributed by atoms with van der Waals surface area (Å²) in [6, 6.07) is 14.4. The smallest absolute Gasteiger partial charge is 0.253 e. The Balaban J connectivity index is 1.58. The van der Waals surface area contributed by atoms with E-state index in [1.54, 1.807) is 18.9 Å². The Hall–Kier alpha value is -2.18. The predicted molar refractivity (Wildman–Crippen MR) is 131 cm³/mol. The fourth-order valence-electron chi connectivity index (χ4n) is 5.81. The highest BCUT2D eigenvalue weighted by Gasteiger charge is 2.42. The highest BCUT2D eigenvalue weighted by Crippen LogP contribution is 2.54. The number of benzene rings is 2. The summed E-state index contributed by atoms with van der Waals surface area (Å²) in [5, 5.41) is 0. The maximum absolute atomic E-state index is 13.0. The van der Waals surface area contributed by atoms with E-state index < -0.39 is 0 Å². The van der Waals surface area contributed by atoms with Crippen molar-refractivity contribution >= 4 is 29.0 Å². The molecule has 170 valence electrons. The van der Waals surface area contributed by atoms with Gasteiger partial charge in [-0.15, -0.1) is 0 Å². The molecule has 5 nitrogen and oxygen atoms in total. The quantitative estimate of drug-likeness (QED) is 0.608. The van der Waals surface area contributed by atoms with Crippen molar-refractivity contribution in [1.29, 1.82) is 0 Å². The summed E-state index contributed by atoms with van der Waals surface area (Å²) < 4.78 is 5.75. The monoisotopic (exact) mass is 451 g/mol. The molecule has 2 unspecified atom stereocenters. The average Bonchev–Trinajstić information content (AvgIpc) is 3.02. The standard InChI is InChI=1S/C26H33N3O2S/c1-5-28(6-2)26(30)17-10-13-21-24(14-17)32-25-22(8-7-9-23(25)31-4)29(21)20-15-18-11-12-19(16-20)27(18)3/h7-10,13-14,18-20H,5-6,11-12,15-16H2,1-4H3. The lowest BCUT2D eigenvalue weighted by Crippen LogP contribution is -2.48. The van der Waals surface area contributed by atoms with E-state index in [4.69, 9.17) is 4.74 Å². The lowest BCUT2D eigenvalue weighted by molar-refractivity contribution is 0.0773. The van der Waals surface area contributed by atoms with Crippen LogP contribution in [0.3, 0.4) is 0 Å². The van der Waals surface area contributed by atoms with Crippen LogP contribution in [0.1, 0.15) is 49.9 Å². The third kappa shape index (κ3) is 3.48. The Morgan fingerprint density at radius 1 is 1.06 bits per heavy atom. The molecule has 6 heteroatoms. The number of ether oxygens (including phenoxy) is 1. The van der Waals surface area contributed by atoms with E-state index in [-0.39, 0.29) is 5.91 Å². The van der Waals surface area contributed by atoms with Gasteiger partial charge in [0.15, 0.2) is 0 Å². The van der Waals surface area contributed by atoms with Gasteiger partial charge in [-0.1, -0.05) is 17.8 Å². The van der Waals surface area contributed by atoms with Crippen LogP contribution in [0.4, 0.5) is 11.4 Å². The topological polar surface area (TPSA) is 36.0 Å². The minimum absolute atomic E-state index is 0.105. The molecule has 32 heavy (non-hydrogen) atoms. The zero-order valence-electron chi connectivity index (χ0n) is 19.5. The third-order valence-corrected chi connectivity index (χ3v) is 8.77. The summed E-state index contributed by atoms with van der Waals surface area (Å²) >= 11 is 1.73. The molecule has 3 heterocycles. The summed E-state index contributed by atoms with van der Waals surface area (Å²) in [6.45, 7) is 5.51. The molecule has 3 aliphatic heterocycles. The number of carbonyl (C=O) groups excluding carboxylic acids is 1. The number of anilines is 2. The number of rotatable bonds is 5. The number of fused-ring (bicyclic) bond motifs is 4. The molecule has 0 radical (unpaired) electrons. The summed E-state index contributed by atoms with van der Waals surface area (Å²) in [5.74, 6) is 1.01. The van der Waals surface area contributed by atoms with Crippen molar-refractivity contribution < 1.29 is 9.53 Å². The minimum atomic E-state index is 0.105. The van der Waals surface area contributed by atoms with Crippen molar-refractivity contribution in [1.82, 2.24) is 9.80 Å².